The second-order valence-corrected chi connectivity index (χ2v) is 8.38. The molecule has 2 fully saturated rings. The molecule has 0 unspecified atom stereocenters. The van der Waals surface area contributed by atoms with Crippen LogP contribution in [0.2, 0.25) is 0 Å². The number of methoxy groups -OCH3 is 1. The lowest BCUT2D eigenvalue weighted by atomic mass is 10.4. The van der Waals surface area contributed by atoms with E-state index >= 15 is 0 Å². The summed E-state index contributed by atoms with van der Waals surface area (Å²) in [5.41, 5.74) is 0. The van der Waals surface area contributed by atoms with Crippen molar-refractivity contribution >= 4 is 26.7 Å². The van der Waals surface area contributed by atoms with Crippen molar-refractivity contribution in [3.05, 3.63) is 5.82 Å². The average Bonchev–Trinajstić information content (AvgIpc) is 3.20. The van der Waals surface area contributed by atoms with Crippen LogP contribution in [0.15, 0.2) is 0 Å². The molecule has 7 nitrogen and oxygen atoms in total. The van der Waals surface area contributed by atoms with Crippen LogP contribution < -0.4 is 4.90 Å². The smallest absolute Gasteiger partial charge is 0.218 e. The molecule has 2 aliphatic heterocycles. The van der Waals surface area contributed by atoms with Gasteiger partial charge in [-0.25, -0.2) is 17.7 Å². The van der Waals surface area contributed by atoms with Gasteiger partial charge in [-0.2, -0.15) is 4.37 Å². The molecule has 0 N–H and O–H groups in total. The topological polar surface area (TPSA) is 75.6 Å². The fourth-order valence-corrected chi connectivity index (χ4v) is 5.53. The summed E-state index contributed by atoms with van der Waals surface area (Å²) in [6.07, 6.45) is 2.62. The van der Waals surface area contributed by atoms with Gasteiger partial charge in [-0.3, -0.25) is 0 Å². The summed E-state index contributed by atoms with van der Waals surface area (Å²) in [5.74, 6) is 0.656. The van der Waals surface area contributed by atoms with Gasteiger partial charge >= 0.3 is 0 Å². The fourth-order valence-electron chi connectivity index (χ4n) is 2.86. The number of anilines is 1. The molecule has 1 aromatic rings. The zero-order chi connectivity index (χ0) is 14.9. The van der Waals surface area contributed by atoms with Crippen LogP contribution in [0.1, 0.15) is 25.1 Å². The predicted octanol–water partition coefficient (Wildman–Crippen LogP) is 0.689. The van der Waals surface area contributed by atoms with E-state index in [1.165, 1.54) is 11.5 Å². The van der Waals surface area contributed by atoms with E-state index in [0.29, 0.717) is 38.5 Å². The van der Waals surface area contributed by atoms with Gasteiger partial charge in [-0.15, -0.1) is 0 Å². The molecule has 0 amide bonds. The molecule has 3 heterocycles. The lowest BCUT2D eigenvalue weighted by Gasteiger charge is -2.20. The van der Waals surface area contributed by atoms with Crippen molar-refractivity contribution in [3.63, 3.8) is 0 Å². The summed E-state index contributed by atoms with van der Waals surface area (Å²) in [4.78, 5) is 6.42. The van der Waals surface area contributed by atoms with Gasteiger partial charge in [0.1, 0.15) is 6.61 Å². The van der Waals surface area contributed by atoms with Crippen LogP contribution in [-0.2, 0) is 21.4 Å². The normalized spacial score (nSPS) is 24.0. The number of sulfonamides is 1. The summed E-state index contributed by atoms with van der Waals surface area (Å²) in [7, 11) is -1.55. The van der Waals surface area contributed by atoms with E-state index < -0.39 is 10.0 Å². The molecule has 0 radical (unpaired) electrons. The Hall–Kier alpha value is -0.770. The van der Waals surface area contributed by atoms with Gasteiger partial charge in [-0.05, 0) is 19.3 Å². The maximum absolute atomic E-state index is 12.6. The van der Waals surface area contributed by atoms with Crippen LogP contribution in [-0.4, -0.2) is 60.6 Å². The Balaban J connectivity index is 1.67. The van der Waals surface area contributed by atoms with Crippen LogP contribution in [0, 0.1) is 0 Å². The van der Waals surface area contributed by atoms with Crippen LogP contribution >= 0.6 is 11.5 Å². The molecular formula is C12H20N4O3S2. The number of rotatable bonds is 5. The molecule has 9 heteroatoms. The van der Waals surface area contributed by atoms with Crippen molar-refractivity contribution in [1.29, 1.82) is 0 Å². The fraction of sp³-hybridized carbons (Fsp3) is 0.833. The van der Waals surface area contributed by atoms with E-state index in [1.54, 1.807) is 11.4 Å². The monoisotopic (exact) mass is 332 g/mol. The van der Waals surface area contributed by atoms with Crippen molar-refractivity contribution < 1.29 is 13.2 Å². The number of ether oxygens (including phenoxy) is 1. The minimum atomic E-state index is -3.16. The standard InChI is InChI=1S/C12H20N4O3S2/c1-19-9-11-13-12(20-14-11)15-7-4-10(8-15)21(17,18)16-5-2-3-6-16/h10H,2-9H2,1H3/t10-/m1/s1. The maximum Gasteiger partial charge on any atom is 0.218 e. The van der Waals surface area contributed by atoms with Gasteiger partial charge in [0.25, 0.3) is 0 Å². The molecule has 2 saturated heterocycles. The molecule has 2 aliphatic rings. The molecule has 1 aromatic heterocycles. The third kappa shape index (κ3) is 3.05. The molecule has 0 saturated carbocycles. The number of hydrogen-bond donors (Lipinski definition) is 0. The van der Waals surface area contributed by atoms with Crippen molar-refractivity contribution in [2.45, 2.75) is 31.1 Å². The van der Waals surface area contributed by atoms with Gasteiger partial charge in [0.2, 0.25) is 15.2 Å². The van der Waals surface area contributed by atoms with Gasteiger partial charge < -0.3 is 9.64 Å². The van der Waals surface area contributed by atoms with Crippen LogP contribution in [0.4, 0.5) is 5.13 Å². The first-order valence-corrected chi connectivity index (χ1v) is 9.44. The van der Waals surface area contributed by atoms with Crippen molar-refractivity contribution in [3.8, 4) is 0 Å². The van der Waals surface area contributed by atoms with Crippen molar-refractivity contribution in [1.82, 2.24) is 13.7 Å². The second kappa shape index (κ2) is 6.15. The van der Waals surface area contributed by atoms with E-state index in [2.05, 4.69) is 9.36 Å². The highest BCUT2D eigenvalue weighted by atomic mass is 32.2. The summed E-state index contributed by atoms with van der Waals surface area (Å²) in [6.45, 7) is 2.98. The lowest BCUT2D eigenvalue weighted by molar-refractivity contribution is 0.179. The van der Waals surface area contributed by atoms with Crippen LogP contribution in [0.5, 0.6) is 0 Å². The first-order chi connectivity index (χ1) is 10.1. The molecule has 0 bridgehead atoms. The highest BCUT2D eigenvalue weighted by Gasteiger charge is 2.38. The maximum atomic E-state index is 12.6. The quantitative estimate of drug-likeness (QED) is 0.790. The highest BCUT2D eigenvalue weighted by molar-refractivity contribution is 7.89. The Kier molecular flexibility index (Phi) is 4.43. The van der Waals surface area contributed by atoms with E-state index in [4.69, 9.17) is 4.74 Å². The Morgan fingerprint density at radius 2 is 2.10 bits per heavy atom. The van der Waals surface area contributed by atoms with E-state index in [0.717, 1.165) is 24.5 Å². The predicted molar refractivity (Wildman–Crippen MR) is 81.0 cm³/mol. The Bertz CT molecular complexity index is 583. The molecule has 0 aromatic carbocycles. The third-order valence-corrected chi connectivity index (χ3v) is 7.12. The number of nitrogens with zero attached hydrogens (tertiary/aromatic N) is 4. The molecule has 0 spiro atoms. The Labute approximate surface area is 129 Å². The zero-order valence-electron chi connectivity index (χ0n) is 12.1. The Morgan fingerprint density at radius 1 is 1.33 bits per heavy atom. The number of aromatic nitrogens is 2. The molecular weight excluding hydrogens is 312 g/mol. The summed E-state index contributed by atoms with van der Waals surface area (Å²) >= 11 is 1.31. The largest absolute Gasteiger partial charge is 0.377 e. The lowest BCUT2D eigenvalue weighted by Crippen LogP contribution is -2.38. The van der Waals surface area contributed by atoms with Crippen LogP contribution in [0.3, 0.4) is 0 Å². The minimum Gasteiger partial charge on any atom is -0.377 e. The minimum absolute atomic E-state index is 0.314. The molecule has 3 rings (SSSR count). The Morgan fingerprint density at radius 3 is 2.81 bits per heavy atom. The van der Waals surface area contributed by atoms with E-state index in [9.17, 15) is 8.42 Å². The van der Waals surface area contributed by atoms with Crippen molar-refractivity contribution in [2.24, 2.45) is 0 Å². The van der Waals surface area contributed by atoms with Gasteiger partial charge in [0, 0.05) is 44.8 Å². The zero-order valence-corrected chi connectivity index (χ0v) is 13.7. The van der Waals surface area contributed by atoms with Crippen LogP contribution in [0.25, 0.3) is 0 Å². The third-order valence-electron chi connectivity index (χ3n) is 3.99. The summed E-state index contributed by atoms with van der Waals surface area (Å²) < 4.78 is 36.0. The molecule has 21 heavy (non-hydrogen) atoms. The van der Waals surface area contributed by atoms with E-state index in [1.807, 2.05) is 4.90 Å². The highest BCUT2D eigenvalue weighted by Crippen LogP contribution is 2.28. The average molecular weight is 332 g/mol. The molecule has 118 valence electrons. The molecule has 1 atom stereocenters. The summed E-state index contributed by atoms with van der Waals surface area (Å²) in [6, 6.07) is 0. The first-order valence-electron chi connectivity index (χ1n) is 7.16. The van der Waals surface area contributed by atoms with Gasteiger partial charge in [-0.1, -0.05) is 0 Å². The first kappa shape index (κ1) is 15.1. The summed E-state index contributed by atoms with van der Waals surface area (Å²) in [5, 5.41) is 0.478. The van der Waals surface area contributed by atoms with Crippen molar-refractivity contribution in [2.75, 3.05) is 38.2 Å². The van der Waals surface area contributed by atoms with Gasteiger partial charge in [0.05, 0.1) is 5.25 Å². The number of hydrogen-bond acceptors (Lipinski definition) is 7. The van der Waals surface area contributed by atoms with Gasteiger partial charge in [0.15, 0.2) is 5.82 Å². The molecule has 0 aliphatic carbocycles. The van der Waals surface area contributed by atoms with E-state index in [-0.39, 0.29) is 5.25 Å². The second-order valence-electron chi connectivity index (χ2n) is 5.43. The SMILES string of the molecule is COCc1nsc(N2CC[C@@H](S(=O)(=O)N3CCCC3)C2)n1.